The van der Waals surface area contributed by atoms with Gasteiger partial charge in [0.2, 0.25) is 5.91 Å². The van der Waals surface area contributed by atoms with Crippen LogP contribution in [0.5, 0.6) is 0 Å². The number of aromatic amines is 1. The molecule has 1 aliphatic heterocycles. The monoisotopic (exact) mass is 406 g/mol. The molecule has 0 unspecified atom stereocenters. The third kappa shape index (κ3) is 4.40. The largest absolute Gasteiger partial charge is 0.350 e. The molecule has 2 amide bonds. The summed E-state index contributed by atoms with van der Waals surface area (Å²) in [6, 6.07) is 16.2. The number of carbonyl (C=O) groups is 2. The van der Waals surface area contributed by atoms with Gasteiger partial charge in [0.05, 0.1) is 6.42 Å². The van der Waals surface area contributed by atoms with Gasteiger partial charge in [-0.25, -0.2) is 4.39 Å². The Morgan fingerprint density at radius 1 is 1.10 bits per heavy atom. The molecule has 6 nitrogen and oxygen atoms in total. The van der Waals surface area contributed by atoms with Crippen LogP contribution in [0.2, 0.25) is 0 Å². The lowest BCUT2D eigenvalue weighted by molar-refractivity contribution is -0.131. The average molecular weight is 406 g/mol. The topological polar surface area (TPSA) is 78.1 Å². The van der Waals surface area contributed by atoms with E-state index in [9.17, 15) is 14.0 Å². The molecule has 154 valence electrons. The van der Waals surface area contributed by atoms with Crippen LogP contribution in [0.4, 0.5) is 4.39 Å². The molecule has 30 heavy (non-hydrogen) atoms. The van der Waals surface area contributed by atoms with E-state index in [-0.39, 0.29) is 24.1 Å². The third-order valence-electron chi connectivity index (χ3n) is 5.34. The molecule has 0 atom stereocenters. The second-order valence-corrected chi connectivity index (χ2v) is 7.35. The first-order chi connectivity index (χ1) is 14.6. The van der Waals surface area contributed by atoms with Gasteiger partial charge < -0.3 is 10.2 Å². The number of hydrogen-bond donors (Lipinski definition) is 2. The Labute approximate surface area is 174 Å². The lowest BCUT2D eigenvalue weighted by Crippen LogP contribution is -2.38. The van der Waals surface area contributed by atoms with Crippen LogP contribution in [-0.4, -0.2) is 40.0 Å². The van der Waals surface area contributed by atoms with Crippen molar-refractivity contribution < 1.29 is 14.0 Å². The molecule has 0 radical (unpaired) electrons. The maximum atomic E-state index is 13.9. The number of aromatic nitrogens is 2. The quantitative estimate of drug-likeness (QED) is 0.661. The molecule has 0 aliphatic carbocycles. The Kier molecular flexibility index (Phi) is 5.88. The molecule has 2 aromatic carbocycles. The third-order valence-corrected chi connectivity index (χ3v) is 5.34. The lowest BCUT2D eigenvalue weighted by atomic mass is 10.0. The van der Waals surface area contributed by atoms with E-state index in [4.69, 9.17) is 0 Å². The van der Waals surface area contributed by atoms with Crippen molar-refractivity contribution >= 4 is 11.8 Å². The van der Waals surface area contributed by atoms with Crippen LogP contribution in [0.3, 0.4) is 0 Å². The van der Waals surface area contributed by atoms with Gasteiger partial charge in [-0.3, -0.25) is 14.7 Å². The van der Waals surface area contributed by atoms with E-state index < -0.39 is 0 Å². The van der Waals surface area contributed by atoms with Gasteiger partial charge in [0.15, 0.2) is 5.69 Å². The number of rotatable bonds is 6. The fraction of sp³-hybridized carbons (Fsp3) is 0.261. The highest BCUT2D eigenvalue weighted by Crippen LogP contribution is 2.21. The van der Waals surface area contributed by atoms with Gasteiger partial charge in [-0.2, -0.15) is 5.10 Å². The van der Waals surface area contributed by atoms with Gasteiger partial charge in [0.25, 0.3) is 5.91 Å². The van der Waals surface area contributed by atoms with Crippen LogP contribution >= 0.6 is 0 Å². The molecule has 0 saturated carbocycles. The molecule has 0 fully saturated rings. The predicted molar refractivity (Wildman–Crippen MR) is 110 cm³/mol. The molecule has 0 spiro atoms. The van der Waals surface area contributed by atoms with E-state index in [1.165, 1.54) is 6.07 Å². The molecule has 2 N–H and O–H groups in total. The standard InChI is InChI=1S/C23H23FN4O2/c24-19-9-5-4-8-17(19)14-21(29)28-13-11-20-18(15-28)22(27-26-20)23(30)25-12-10-16-6-2-1-3-7-16/h1-9H,10-15H2,(H,25,30)(H,26,27). The van der Waals surface area contributed by atoms with Gasteiger partial charge in [0, 0.05) is 37.3 Å². The number of hydrogen-bond acceptors (Lipinski definition) is 3. The van der Waals surface area contributed by atoms with Gasteiger partial charge in [-0.1, -0.05) is 48.5 Å². The summed E-state index contributed by atoms with van der Waals surface area (Å²) < 4.78 is 13.9. The Morgan fingerprint density at radius 3 is 2.67 bits per heavy atom. The zero-order chi connectivity index (χ0) is 20.9. The fourth-order valence-electron chi connectivity index (χ4n) is 3.66. The summed E-state index contributed by atoms with van der Waals surface area (Å²) in [4.78, 5) is 27.0. The second kappa shape index (κ2) is 8.90. The normalized spacial score (nSPS) is 13.0. The first kappa shape index (κ1) is 19.8. The van der Waals surface area contributed by atoms with Crippen molar-refractivity contribution in [1.29, 1.82) is 0 Å². The first-order valence-corrected chi connectivity index (χ1v) is 10.0. The van der Waals surface area contributed by atoms with Crippen LogP contribution in [0.1, 0.15) is 32.9 Å². The highest BCUT2D eigenvalue weighted by molar-refractivity contribution is 5.94. The maximum absolute atomic E-state index is 13.9. The van der Waals surface area contributed by atoms with E-state index in [0.29, 0.717) is 37.3 Å². The number of amides is 2. The van der Waals surface area contributed by atoms with Crippen molar-refractivity contribution in [2.24, 2.45) is 0 Å². The van der Waals surface area contributed by atoms with Crippen LogP contribution < -0.4 is 5.32 Å². The van der Waals surface area contributed by atoms with Crippen LogP contribution in [0.15, 0.2) is 54.6 Å². The highest BCUT2D eigenvalue weighted by Gasteiger charge is 2.28. The van der Waals surface area contributed by atoms with Crippen LogP contribution in [0.25, 0.3) is 0 Å². The molecular weight excluding hydrogens is 383 g/mol. The minimum absolute atomic E-state index is 0.00152. The van der Waals surface area contributed by atoms with Gasteiger partial charge in [-0.05, 0) is 23.6 Å². The second-order valence-electron chi connectivity index (χ2n) is 7.35. The molecule has 1 aliphatic rings. The average Bonchev–Trinajstić information content (AvgIpc) is 3.19. The zero-order valence-electron chi connectivity index (χ0n) is 16.5. The number of nitrogens with one attached hydrogen (secondary N) is 2. The number of benzene rings is 2. The van der Waals surface area contributed by atoms with Crippen molar-refractivity contribution in [3.8, 4) is 0 Å². The summed E-state index contributed by atoms with van der Waals surface area (Å²) in [5, 5.41) is 10.0. The predicted octanol–water partition coefficient (Wildman–Crippen LogP) is 2.65. The number of halogens is 1. The zero-order valence-corrected chi connectivity index (χ0v) is 16.5. The van der Waals surface area contributed by atoms with E-state index in [1.807, 2.05) is 30.3 Å². The number of carbonyl (C=O) groups excluding carboxylic acids is 2. The van der Waals surface area contributed by atoms with E-state index in [2.05, 4.69) is 15.5 Å². The summed E-state index contributed by atoms with van der Waals surface area (Å²) in [6.07, 6.45) is 1.31. The fourth-order valence-corrected chi connectivity index (χ4v) is 3.66. The van der Waals surface area contributed by atoms with E-state index >= 15 is 0 Å². The first-order valence-electron chi connectivity index (χ1n) is 10.0. The number of H-pyrrole nitrogens is 1. The van der Waals surface area contributed by atoms with Crippen molar-refractivity contribution in [3.63, 3.8) is 0 Å². The molecule has 2 heterocycles. The lowest BCUT2D eigenvalue weighted by Gasteiger charge is -2.27. The Morgan fingerprint density at radius 2 is 1.87 bits per heavy atom. The van der Waals surface area contributed by atoms with E-state index in [1.54, 1.807) is 23.1 Å². The summed E-state index contributed by atoms with van der Waals surface area (Å²) in [7, 11) is 0. The minimum Gasteiger partial charge on any atom is -0.350 e. The summed E-state index contributed by atoms with van der Waals surface area (Å²) in [5.74, 6) is -0.806. The summed E-state index contributed by atoms with van der Waals surface area (Å²) in [5.41, 5.74) is 3.45. The summed E-state index contributed by atoms with van der Waals surface area (Å²) >= 11 is 0. The van der Waals surface area contributed by atoms with Crippen molar-refractivity contribution in [1.82, 2.24) is 20.4 Å². The van der Waals surface area contributed by atoms with Gasteiger partial charge in [-0.15, -0.1) is 0 Å². The van der Waals surface area contributed by atoms with Gasteiger partial charge in [0.1, 0.15) is 5.82 Å². The van der Waals surface area contributed by atoms with Crippen molar-refractivity contribution in [2.75, 3.05) is 13.1 Å². The molecule has 3 aromatic rings. The number of nitrogens with zero attached hydrogens (tertiary/aromatic N) is 2. The Hall–Kier alpha value is -3.48. The number of fused-ring (bicyclic) bond motifs is 1. The van der Waals surface area contributed by atoms with Crippen molar-refractivity contribution in [3.05, 3.63) is 88.5 Å². The molecular formula is C23H23FN4O2. The Balaban J connectivity index is 1.38. The molecule has 4 rings (SSSR count). The molecule has 1 aromatic heterocycles. The SMILES string of the molecule is O=C(NCCc1ccccc1)c1n[nH]c2c1CN(C(=O)Cc1ccccc1F)CC2. The molecule has 7 heteroatoms. The molecule has 0 saturated heterocycles. The Bertz CT molecular complexity index is 1050. The summed E-state index contributed by atoms with van der Waals surface area (Å²) in [6.45, 7) is 1.30. The van der Waals surface area contributed by atoms with Gasteiger partial charge >= 0.3 is 0 Å². The maximum Gasteiger partial charge on any atom is 0.272 e. The van der Waals surface area contributed by atoms with Crippen LogP contribution in [-0.2, 0) is 30.6 Å². The minimum atomic E-state index is -0.384. The van der Waals surface area contributed by atoms with E-state index in [0.717, 1.165) is 23.2 Å². The highest BCUT2D eigenvalue weighted by atomic mass is 19.1. The smallest absolute Gasteiger partial charge is 0.272 e. The molecule has 0 bridgehead atoms. The van der Waals surface area contributed by atoms with Crippen LogP contribution in [0, 0.1) is 5.82 Å². The van der Waals surface area contributed by atoms with Crippen molar-refractivity contribution in [2.45, 2.75) is 25.8 Å².